The van der Waals surface area contributed by atoms with Crippen LogP contribution in [-0.4, -0.2) is 58.7 Å². The van der Waals surface area contributed by atoms with Gasteiger partial charge >= 0.3 is 0 Å². The Morgan fingerprint density at radius 2 is 1.93 bits per heavy atom. The number of aromatic nitrogens is 1. The average molecular weight is 427 g/mol. The molecule has 0 aliphatic carbocycles. The molecule has 0 saturated carbocycles. The number of nitrogens with zero attached hydrogens (tertiary/aromatic N) is 2. The topological polar surface area (TPSA) is 79.6 Å². The molecule has 1 saturated heterocycles. The number of carbonyl (C=O) groups excluding carboxylic acids is 1. The van der Waals surface area contributed by atoms with E-state index in [-0.39, 0.29) is 22.8 Å². The normalized spacial score (nSPS) is 18.0. The van der Waals surface area contributed by atoms with Gasteiger partial charge in [-0.2, -0.15) is 11.8 Å². The maximum atomic E-state index is 13.1. The second-order valence-corrected chi connectivity index (χ2v) is 10.2. The Kier molecular flexibility index (Phi) is 6.91. The first-order valence-electron chi connectivity index (χ1n) is 8.63. The van der Waals surface area contributed by atoms with E-state index in [4.69, 9.17) is 5.11 Å². The molecule has 1 aliphatic rings. The molecule has 1 aromatic carbocycles. The van der Waals surface area contributed by atoms with E-state index in [2.05, 4.69) is 0 Å². The molecule has 6 nitrogen and oxygen atoms in total. The van der Waals surface area contributed by atoms with Gasteiger partial charge in [-0.1, -0.05) is 18.2 Å². The molecule has 0 bridgehead atoms. The van der Waals surface area contributed by atoms with Crippen molar-refractivity contribution in [3.8, 4) is 0 Å². The van der Waals surface area contributed by atoms with Crippen LogP contribution >= 0.6 is 23.5 Å². The van der Waals surface area contributed by atoms with Crippen molar-refractivity contribution in [2.45, 2.75) is 16.7 Å². The lowest BCUT2D eigenvalue weighted by Crippen LogP contribution is -2.40. The molecule has 146 valence electrons. The standard InChI is InChI=1S/C18H22N2O4S3/c21-11-14-25-13-10-19-17(22)8-12-26-18(19)16-7-4-9-20(16)27(23,24)15-5-2-1-3-6-15/h1-7,9,18,21H,8,10-14H2. The summed E-state index contributed by atoms with van der Waals surface area (Å²) in [6, 6.07) is 11.8. The quantitative estimate of drug-likeness (QED) is 0.653. The molecule has 1 N–H and O–H groups in total. The van der Waals surface area contributed by atoms with Crippen molar-refractivity contribution in [3.05, 3.63) is 54.4 Å². The van der Waals surface area contributed by atoms with E-state index in [0.29, 0.717) is 35.9 Å². The van der Waals surface area contributed by atoms with Gasteiger partial charge in [-0.05, 0) is 24.3 Å². The molecule has 1 unspecified atom stereocenters. The molecule has 2 aromatic rings. The molecule has 3 rings (SSSR count). The molecule has 1 aliphatic heterocycles. The van der Waals surface area contributed by atoms with Gasteiger partial charge in [-0.3, -0.25) is 4.79 Å². The van der Waals surface area contributed by atoms with Crippen LogP contribution in [0.5, 0.6) is 0 Å². The number of amides is 1. The van der Waals surface area contributed by atoms with Gasteiger partial charge in [0.1, 0.15) is 5.37 Å². The fourth-order valence-corrected chi connectivity index (χ4v) is 6.34. The third-order valence-electron chi connectivity index (χ3n) is 4.20. The number of rotatable bonds is 8. The van der Waals surface area contributed by atoms with E-state index in [1.54, 1.807) is 70.9 Å². The van der Waals surface area contributed by atoms with E-state index >= 15 is 0 Å². The van der Waals surface area contributed by atoms with Gasteiger partial charge in [0.25, 0.3) is 10.0 Å². The van der Waals surface area contributed by atoms with E-state index in [0.717, 1.165) is 0 Å². The molecule has 2 heterocycles. The van der Waals surface area contributed by atoms with Crippen LogP contribution < -0.4 is 0 Å². The summed E-state index contributed by atoms with van der Waals surface area (Å²) in [6.07, 6.45) is 1.99. The molecule has 0 radical (unpaired) electrons. The summed E-state index contributed by atoms with van der Waals surface area (Å²) >= 11 is 3.16. The molecule has 1 atom stereocenters. The number of thioether (sulfide) groups is 2. The minimum absolute atomic E-state index is 0.0354. The second kappa shape index (κ2) is 9.18. The minimum atomic E-state index is -3.72. The molecule has 1 aromatic heterocycles. The maximum absolute atomic E-state index is 13.1. The summed E-state index contributed by atoms with van der Waals surface area (Å²) in [7, 11) is -3.72. The molecule has 1 amide bonds. The Hall–Kier alpha value is -1.42. The number of hydrogen-bond donors (Lipinski definition) is 1. The summed E-state index contributed by atoms with van der Waals surface area (Å²) in [4.78, 5) is 14.5. The number of carbonyl (C=O) groups is 1. The lowest BCUT2D eigenvalue weighted by atomic mass is 10.3. The van der Waals surface area contributed by atoms with E-state index in [1.807, 2.05) is 0 Å². The fourth-order valence-electron chi connectivity index (χ4n) is 2.93. The number of benzene rings is 1. The third kappa shape index (κ3) is 4.53. The van der Waals surface area contributed by atoms with Crippen LogP contribution in [0.3, 0.4) is 0 Å². The number of hydrogen-bond acceptors (Lipinski definition) is 6. The molecule has 0 spiro atoms. The van der Waals surface area contributed by atoms with Crippen LogP contribution in [0.2, 0.25) is 0 Å². The zero-order valence-corrected chi connectivity index (χ0v) is 17.2. The highest BCUT2D eigenvalue weighted by atomic mass is 32.2. The summed E-state index contributed by atoms with van der Waals surface area (Å²) < 4.78 is 27.4. The van der Waals surface area contributed by atoms with Gasteiger partial charge in [0.15, 0.2) is 0 Å². The third-order valence-corrected chi connectivity index (χ3v) is 8.12. The van der Waals surface area contributed by atoms with Crippen molar-refractivity contribution < 1.29 is 18.3 Å². The smallest absolute Gasteiger partial charge is 0.267 e. The lowest BCUT2D eigenvalue weighted by Gasteiger charge is -2.35. The highest BCUT2D eigenvalue weighted by Crippen LogP contribution is 2.38. The van der Waals surface area contributed by atoms with Crippen LogP contribution in [0.1, 0.15) is 17.5 Å². The summed E-state index contributed by atoms with van der Waals surface area (Å²) in [5.41, 5.74) is 0.587. The molecule has 27 heavy (non-hydrogen) atoms. The zero-order valence-electron chi connectivity index (χ0n) is 14.7. The van der Waals surface area contributed by atoms with Crippen LogP contribution in [0, 0.1) is 0 Å². The van der Waals surface area contributed by atoms with Crippen molar-refractivity contribution in [2.75, 3.05) is 30.4 Å². The van der Waals surface area contributed by atoms with Gasteiger partial charge in [0.2, 0.25) is 5.91 Å². The summed E-state index contributed by atoms with van der Waals surface area (Å²) in [5.74, 6) is 2.03. The van der Waals surface area contributed by atoms with Crippen LogP contribution in [0.25, 0.3) is 0 Å². The molecule has 1 fully saturated rings. The molecular weight excluding hydrogens is 404 g/mol. The Bertz CT molecular complexity index is 868. The van der Waals surface area contributed by atoms with Crippen molar-refractivity contribution >= 4 is 39.5 Å². The Morgan fingerprint density at radius 3 is 2.67 bits per heavy atom. The number of aliphatic hydroxyl groups is 1. The second-order valence-electron chi connectivity index (χ2n) is 5.94. The Balaban J connectivity index is 1.89. The van der Waals surface area contributed by atoms with Crippen molar-refractivity contribution in [3.63, 3.8) is 0 Å². The fraction of sp³-hybridized carbons (Fsp3) is 0.389. The molecule has 9 heteroatoms. The monoisotopic (exact) mass is 426 g/mol. The van der Waals surface area contributed by atoms with Gasteiger partial charge in [0, 0.05) is 36.4 Å². The highest BCUT2D eigenvalue weighted by Gasteiger charge is 2.33. The maximum Gasteiger partial charge on any atom is 0.267 e. The highest BCUT2D eigenvalue weighted by molar-refractivity contribution is 7.99. The largest absolute Gasteiger partial charge is 0.396 e. The van der Waals surface area contributed by atoms with Crippen LogP contribution in [0.4, 0.5) is 0 Å². The first-order chi connectivity index (χ1) is 13.1. The van der Waals surface area contributed by atoms with Gasteiger partial charge in [0.05, 0.1) is 17.2 Å². The van der Waals surface area contributed by atoms with E-state index in [9.17, 15) is 13.2 Å². The average Bonchev–Trinajstić information content (AvgIpc) is 3.17. The first-order valence-corrected chi connectivity index (χ1v) is 12.3. The van der Waals surface area contributed by atoms with Gasteiger partial charge in [-0.25, -0.2) is 12.4 Å². The lowest BCUT2D eigenvalue weighted by molar-refractivity contribution is -0.131. The SMILES string of the molecule is O=C1CCSC(c2cccn2S(=O)(=O)c2ccccc2)N1CCSCCO. The van der Waals surface area contributed by atoms with Crippen LogP contribution in [0.15, 0.2) is 53.6 Å². The zero-order chi connectivity index (χ0) is 19.3. The van der Waals surface area contributed by atoms with Crippen molar-refractivity contribution in [1.82, 2.24) is 8.87 Å². The van der Waals surface area contributed by atoms with Crippen LogP contribution in [-0.2, 0) is 14.8 Å². The van der Waals surface area contributed by atoms with Crippen molar-refractivity contribution in [2.24, 2.45) is 0 Å². The summed E-state index contributed by atoms with van der Waals surface area (Å²) in [5, 5.41) is 8.58. The minimum Gasteiger partial charge on any atom is -0.396 e. The van der Waals surface area contributed by atoms with Gasteiger partial charge in [-0.15, -0.1) is 11.8 Å². The number of aliphatic hydroxyl groups excluding tert-OH is 1. The predicted octanol–water partition coefficient (Wildman–Crippen LogP) is 2.41. The first kappa shape index (κ1) is 20.3. The Labute approximate surface area is 168 Å². The van der Waals surface area contributed by atoms with E-state index < -0.39 is 10.0 Å². The van der Waals surface area contributed by atoms with Crippen molar-refractivity contribution in [1.29, 1.82) is 0 Å². The predicted molar refractivity (Wildman–Crippen MR) is 109 cm³/mol. The molecular formula is C18H22N2O4S3. The Morgan fingerprint density at radius 1 is 1.15 bits per heavy atom. The van der Waals surface area contributed by atoms with E-state index in [1.165, 1.54) is 10.2 Å². The summed E-state index contributed by atoms with van der Waals surface area (Å²) in [6.45, 7) is 0.632. The van der Waals surface area contributed by atoms with Gasteiger partial charge < -0.3 is 10.0 Å².